The molecule has 2 amide bonds. The molecule has 4 rings (SSSR count). The number of hydrogen-bond acceptors (Lipinski definition) is 9. The molecule has 0 saturated carbocycles. The van der Waals surface area contributed by atoms with Gasteiger partial charge in [0.2, 0.25) is 11.8 Å². The lowest BCUT2D eigenvalue weighted by atomic mass is 9.79. The summed E-state index contributed by atoms with van der Waals surface area (Å²) in [5.74, 6) is -1.05. The third-order valence-electron chi connectivity index (χ3n) is 7.16. The van der Waals surface area contributed by atoms with Crippen molar-refractivity contribution in [3.63, 3.8) is 0 Å². The van der Waals surface area contributed by atoms with Gasteiger partial charge in [-0.25, -0.2) is 14.6 Å². The first-order valence-corrected chi connectivity index (χ1v) is 13.2. The molecule has 1 aromatic heterocycles. The molecule has 4 N–H and O–H groups in total. The highest BCUT2D eigenvalue weighted by molar-refractivity contribution is 8.04. The predicted molar refractivity (Wildman–Crippen MR) is 137 cm³/mol. The minimum Gasteiger partial charge on any atom is -0.477 e. The van der Waals surface area contributed by atoms with Crippen LogP contribution in [0.3, 0.4) is 0 Å². The van der Waals surface area contributed by atoms with E-state index in [9.17, 15) is 29.4 Å². The molecule has 204 valence electrons. The van der Waals surface area contributed by atoms with Crippen molar-refractivity contribution >= 4 is 35.5 Å². The number of carbonyl (C=O) groups is 3. The van der Waals surface area contributed by atoms with Crippen molar-refractivity contribution < 1.29 is 34.2 Å². The Morgan fingerprint density at radius 2 is 2.18 bits per heavy atom. The lowest BCUT2D eigenvalue weighted by molar-refractivity contribution is -0.163. The molecule has 6 atom stereocenters. The number of β-lactam (4-membered cyclic amide) rings is 1. The first-order valence-electron chi connectivity index (χ1n) is 12.3. The molecule has 0 spiro atoms. The number of carbonyl (C=O) groups excluding carboxylic acids is 3. The molecule has 0 radical (unpaired) electrons. The zero-order valence-corrected chi connectivity index (χ0v) is 22.0. The summed E-state index contributed by atoms with van der Waals surface area (Å²) in [6.07, 6.45) is 4.48. The molecule has 3 aliphatic heterocycles. The number of carboxylic acid groups (broad SMARTS) is 1. The van der Waals surface area contributed by atoms with Crippen LogP contribution in [0, 0.1) is 11.8 Å². The fourth-order valence-corrected chi connectivity index (χ4v) is 7.00. The van der Waals surface area contributed by atoms with Crippen LogP contribution >= 0.6 is 11.8 Å². The number of rotatable bonds is 12. The number of nitrogens with two attached hydrogens (primary N) is 1. The molecule has 0 aromatic carbocycles. The van der Waals surface area contributed by atoms with Crippen LogP contribution in [0.5, 0.6) is 0 Å². The topological polar surface area (TPSA) is 168 Å². The molecule has 1 aromatic rings. The highest BCUT2D eigenvalue weighted by Crippen LogP contribution is 2.52. The average Bonchev–Trinajstić information content (AvgIpc) is 3.49. The summed E-state index contributed by atoms with van der Waals surface area (Å²) in [5, 5.41) is 21.3. The van der Waals surface area contributed by atoms with Gasteiger partial charge in [0.15, 0.2) is 0 Å². The molecule has 4 heterocycles. The second-order valence-electron chi connectivity index (χ2n) is 9.67. The Morgan fingerprint density at radius 3 is 2.79 bits per heavy atom. The third kappa shape index (κ3) is 5.07. The lowest BCUT2D eigenvalue weighted by Crippen LogP contribution is -2.63. The number of amides is 2. The molecular formula is C25H31N5O7S. The number of thioether (sulfide) groups is 1. The largest absolute Gasteiger partial charge is 0.477 e. The Labute approximate surface area is 223 Å². The maximum absolute atomic E-state index is 12.7. The van der Waals surface area contributed by atoms with E-state index in [0.717, 1.165) is 0 Å². The van der Waals surface area contributed by atoms with E-state index < -0.39 is 47.1 Å². The van der Waals surface area contributed by atoms with Crippen molar-refractivity contribution in [3.8, 4) is 0 Å². The smallest absolute Gasteiger partial charge is 0.353 e. The van der Waals surface area contributed by atoms with Gasteiger partial charge in [-0.05, 0) is 13.3 Å². The van der Waals surface area contributed by atoms with E-state index >= 15 is 0 Å². The van der Waals surface area contributed by atoms with Gasteiger partial charge in [0.25, 0.3) is 0 Å². The van der Waals surface area contributed by atoms with Gasteiger partial charge < -0.3 is 25.4 Å². The number of primary amides is 1. The van der Waals surface area contributed by atoms with Crippen LogP contribution in [0.4, 0.5) is 0 Å². The van der Waals surface area contributed by atoms with Crippen molar-refractivity contribution in [2.75, 3.05) is 13.2 Å². The molecule has 2 saturated heterocycles. The first kappa shape index (κ1) is 27.8. The third-order valence-corrected chi connectivity index (χ3v) is 8.67. The van der Waals surface area contributed by atoms with Gasteiger partial charge in [0.1, 0.15) is 11.6 Å². The Kier molecular flexibility index (Phi) is 8.24. The van der Waals surface area contributed by atoms with E-state index in [-0.39, 0.29) is 24.6 Å². The summed E-state index contributed by atoms with van der Waals surface area (Å²) in [6, 6.07) is -0.887. The molecule has 12 nitrogen and oxygen atoms in total. The normalized spacial score (nSPS) is 27.8. The summed E-state index contributed by atoms with van der Waals surface area (Å²) in [7, 11) is 0. The van der Waals surface area contributed by atoms with E-state index in [2.05, 4.69) is 17.5 Å². The van der Waals surface area contributed by atoms with Crippen molar-refractivity contribution in [1.82, 2.24) is 19.5 Å². The molecule has 3 aliphatic rings. The lowest BCUT2D eigenvalue weighted by Gasteiger charge is -2.46. The predicted octanol–water partition coefficient (Wildman–Crippen LogP) is 0.116. The van der Waals surface area contributed by atoms with Gasteiger partial charge in [0, 0.05) is 35.7 Å². The van der Waals surface area contributed by atoms with Gasteiger partial charge in [-0.3, -0.25) is 14.4 Å². The Hall–Kier alpha value is -3.22. The van der Waals surface area contributed by atoms with E-state index in [1.54, 1.807) is 28.2 Å². The minimum atomic E-state index is -1.22. The monoisotopic (exact) mass is 545 g/mol. The highest BCUT2D eigenvalue weighted by atomic mass is 32.2. The number of hydroxylamine groups is 2. The minimum absolute atomic E-state index is 0.0266. The summed E-state index contributed by atoms with van der Waals surface area (Å²) >= 11 is 1.23. The van der Waals surface area contributed by atoms with E-state index in [4.69, 9.17) is 10.6 Å². The van der Waals surface area contributed by atoms with Gasteiger partial charge in [0.05, 0.1) is 54.4 Å². The van der Waals surface area contributed by atoms with Crippen LogP contribution in [0.2, 0.25) is 0 Å². The maximum Gasteiger partial charge on any atom is 0.353 e. The summed E-state index contributed by atoms with van der Waals surface area (Å²) in [5.41, 5.74) is 6.11. The van der Waals surface area contributed by atoms with Crippen molar-refractivity contribution in [3.05, 3.63) is 47.0 Å². The summed E-state index contributed by atoms with van der Waals surface area (Å²) in [4.78, 5) is 60.0. The van der Waals surface area contributed by atoms with Crippen LogP contribution in [0.1, 0.15) is 26.0 Å². The van der Waals surface area contributed by atoms with Crippen LogP contribution in [0.25, 0.3) is 0 Å². The number of aliphatic carboxylic acids is 1. The number of aliphatic hydroxyl groups excluding tert-OH is 1. The first-order chi connectivity index (χ1) is 18.1. The van der Waals surface area contributed by atoms with Crippen molar-refractivity contribution in [1.29, 1.82) is 0 Å². The second kappa shape index (κ2) is 11.3. The summed E-state index contributed by atoms with van der Waals surface area (Å²) < 4.78 is 1.80. The van der Waals surface area contributed by atoms with E-state index in [0.29, 0.717) is 35.7 Å². The molecule has 38 heavy (non-hydrogen) atoms. The fraction of sp³-hybridized carbons (Fsp3) is 0.520. The number of hydrogen-bond donors (Lipinski definition) is 3. The molecule has 0 unspecified atom stereocenters. The van der Waals surface area contributed by atoms with Crippen LogP contribution in [-0.4, -0.2) is 90.0 Å². The number of aliphatic hydroxyl groups is 1. The number of nitrogens with zero attached hydrogens (tertiary/aromatic N) is 4. The van der Waals surface area contributed by atoms with Gasteiger partial charge >= 0.3 is 5.97 Å². The zero-order valence-electron chi connectivity index (χ0n) is 21.1. The van der Waals surface area contributed by atoms with Gasteiger partial charge in [-0.1, -0.05) is 13.0 Å². The molecule has 0 bridgehead atoms. The van der Waals surface area contributed by atoms with Gasteiger partial charge in [-0.2, -0.15) is 5.06 Å². The van der Waals surface area contributed by atoms with Crippen LogP contribution in [-0.2, 0) is 37.0 Å². The van der Waals surface area contributed by atoms with Crippen LogP contribution < -0.4 is 5.73 Å². The molecule has 0 aliphatic carbocycles. The Morgan fingerprint density at radius 1 is 1.45 bits per heavy atom. The number of imidazole rings is 1. The number of aromatic nitrogens is 2. The molecule has 13 heteroatoms. The number of carboxylic acids is 1. The average molecular weight is 546 g/mol. The fourth-order valence-electron chi connectivity index (χ4n) is 5.49. The SMILES string of the molecule is C=CCON1C[C@@H](SC2=C(C(=O)O)N3C(=O)[C@H]([C@@H](C)O)[C@H]3[C@H]2C)C(=C=O)[C@H]1CCn1cnc(CC(N)=O)c1. The summed E-state index contributed by atoms with van der Waals surface area (Å²) in [6.45, 7) is 8.02. The van der Waals surface area contributed by atoms with Crippen LogP contribution in [0.15, 0.2) is 41.4 Å². The zero-order chi connectivity index (χ0) is 27.7. The van der Waals surface area contributed by atoms with Crippen molar-refractivity contribution in [2.45, 2.75) is 56.7 Å². The van der Waals surface area contributed by atoms with Gasteiger partial charge in [-0.15, -0.1) is 18.3 Å². The van der Waals surface area contributed by atoms with E-state index in [1.807, 2.05) is 6.92 Å². The molecular weight excluding hydrogens is 514 g/mol. The quantitative estimate of drug-likeness (QED) is 0.186. The standard InChI is InChI=1S/C25H31N5O7S/c1-4-7-37-29-10-18(16(11-31)17(29)5-6-28-9-15(27-12-28)8-19(26)33)38-23-13(2)21-20(14(3)32)24(34)30(21)22(23)25(35)36/h4,9,12-14,17-18,20-21,32H,1,5-8,10H2,2-3H3,(H2,26,33)(H,35,36)/t13-,14-,17-,18-,20-,21-/m1/s1. The Bertz CT molecular complexity index is 1220. The maximum atomic E-state index is 12.7. The van der Waals surface area contributed by atoms with Crippen molar-refractivity contribution in [2.24, 2.45) is 17.6 Å². The highest BCUT2D eigenvalue weighted by Gasteiger charge is 2.60. The Balaban J connectivity index is 1.55. The number of aryl methyl sites for hydroxylation is 1. The molecule has 2 fully saturated rings. The second-order valence-corrected chi connectivity index (χ2v) is 10.9. The van der Waals surface area contributed by atoms with E-state index in [1.165, 1.54) is 23.6 Å². The number of fused-ring (bicyclic) bond motifs is 1.